The summed E-state index contributed by atoms with van der Waals surface area (Å²) in [6, 6.07) is 6.82. The van der Waals surface area contributed by atoms with Crippen LogP contribution < -0.4 is 0 Å². The lowest BCUT2D eigenvalue weighted by Crippen LogP contribution is -1.99. The molecule has 0 aromatic carbocycles. The van der Waals surface area contributed by atoms with Gasteiger partial charge in [-0.25, -0.2) is 0 Å². The van der Waals surface area contributed by atoms with Gasteiger partial charge in [-0.2, -0.15) is 5.10 Å². The number of pyridine rings is 1. The van der Waals surface area contributed by atoms with E-state index in [2.05, 4.69) is 16.1 Å². The summed E-state index contributed by atoms with van der Waals surface area (Å²) in [6.45, 7) is 0.761. The average Bonchev–Trinajstić information content (AvgIpc) is 2.59. The van der Waals surface area contributed by atoms with Crippen LogP contribution in [0.1, 0.15) is 5.56 Å². The van der Waals surface area contributed by atoms with Crippen LogP contribution in [0.5, 0.6) is 0 Å². The Morgan fingerprint density at radius 3 is 3.17 bits per heavy atom. The lowest BCUT2D eigenvalue weighted by Gasteiger charge is -1.99. The van der Waals surface area contributed by atoms with E-state index in [1.54, 1.807) is 12.4 Å². The lowest BCUT2D eigenvalue weighted by atomic mass is 10.3. The Morgan fingerprint density at radius 2 is 2.50 bits per heavy atom. The third-order valence-electron chi connectivity index (χ3n) is 1.57. The molecule has 0 bridgehead atoms. The van der Waals surface area contributed by atoms with Gasteiger partial charge in [0.25, 0.3) is 0 Å². The molecule has 0 atom stereocenters. The van der Waals surface area contributed by atoms with Crippen molar-refractivity contribution in [3.05, 3.63) is 48.5 Å². The van der Waals surface area contributed by atoms with E-state index in [0.717, 1.165) is 12.1 Å². The first kappa shape index (κ1) is 7.03. The zero-order chi connectivity index (χ0) is 8.23. The lowest BCUT2D eigenvalue weighted by molar-refractivity contribution is 0.685. The van der Waals surface area contributed by atoms with Crippen LogP contribution in [-0.2, 0) is 6.54 Å². The molecule has 0 amide bonds. The molecule has 0 fully saturated rings. The summed E-state index contributed by atoms with van der Waals surface area (Å²) in [7, 11) is 0. The van der Waals surface area contributed by atoms with E-state index >= 15 is 0 Å². The van der Waals surface area contributed by atoms with Crippen molar-refractivity contribution in [2.45, 2.75) is 6.54 Å². The molecule has 2 heterocycles. The van der Waals surface area contributed by atoms with Crippen molar-refractivity contribution in [2.75, 3.05) is 0 Å². The van der Waals surface area contributed by atoms with Gasteiger partial charge in [0.05, 0.1) is 12.7 Å². The molecule has 2 rings (SSSR count). The molecule has 2 aromatic rings. The van der Waals surface area contributed by atoms with Gasteiger partial charge < -0.3 is 0 Å². The quantitative estimate of drug-likeness (QED) is 0.655. The van der Waals surface area contributed by atoms with Crippen molar-refractivity contribution in [1.82, 2.24) is 14.8 Å². The molecule has 12 heavy (non-hydrogen) atoms. The smallest absolute Gasteiger partial charge is 0.0674 e. The van der Waals surface area contributed by atoms with Gasteiger partial charge in [-0.3, -0.25) is 9.67 Å². The third-order valence-corrected chi connectivity index (χ3v) is 1.57. The molecule has 0 unspecified atom stereocenters. The third kappa shape index (κ3) is 1.50. The maximum Gasteiger partial charge on any atom is 0.0674 e. The van der Waals surface area contributed by atoms with Crippen LogP contribution in [0, 0.1) is 6.07 Å². The summed E-state index contributed by atoms with van der Waals surface area (Å²) in [5, 5.41) is 4.04. The van der Waals surface area contributed by atoms with Crippen molar-refractivity contribution in [3.8, 4) is 0 Å². The van der Waals surface area contributed by atoms with Crippen LogP contribution in [0.15, 0.2) is 36.9 Å². The summed E-state index contributed by atoms with van der Waals surface area (Å²) in [5.74, 6) is 0. The Hall–Kier alpha value is -1.64. The van der Waals surface area contributed by atoms with Crippen LogP contribution in [-0.4, -0.2) is 14.8 Å². The zero-order valence-corrected chi connectivity index (χ0v) is 6.51. The average molecular weight is 158 g/mol. The van der Waals surface area contributed by atoms with Crippen LogP contribution >= 0.6 is 0 Å². The van der Waals surface area contributed by atoms with Crippen molar-refractivity contribution >= 4 is 0 Å². The van der Waals surface area contributed by atoms with Crippen LogP contribution in [0.3, 0.4) is 0 Å². The van der Waals surface area contributed by atoms with Gasteiger partial charge in [0, 0.05) is 24.7 Å². The van der Waals surface area contributed by atoms with Gasteiger partial charge >= 0.3 is 0 Å². The second-order valence-corrected chi connectivity index (χ2v) is 2.50. The predicted molar refractivity (Wildman–Crippen MR) is 44.4 cm³/mol. The number of aromatic nitrogens is 3. The minimum Gasteiger partial charge on any atom is -0.268 e. The van der Waals surface area contributed by atoms with Crippen LogP contribution in [0.25, 0.3) is 0 Å². The summed E-state index contributed by atoms with van der Waals surface area (Å²) < 4.78 is 1.82. The summed E-state index contributed by atoms with van der Waals surface area (Å²) in [4.78, 5) is 4.01. The zero-order valence-electron chi connectivity index (χ0n) is 6.51. The summed E-state index contributed by atoms with van der Waals surface area (Å²) in [6.07, 6.45) is 7.06. The first-order valence-electron chi connectivity index (χ1n) is 3.72. The highest BCUT2D eigenvalue weighted by Gasteiger charge is 1.92. The standard InChI is InChI=1S/C9H8N3/c1-3-9(7-10-4-1)8-12-6-2-5-11-12/h1,3-7H,8H2. The van der Waals surface area contributed by atoms with Gasteiger partial charge in [0.2, 0.25) is 0 Å². The Labute approximate surface area is 70.7 Å². The molecule has 0 aliphatic carbocycles. The number of nitrogens with zero attached hydrogens (tertiary/aromatic N) is 3. The Bertz CT molecular complexity index is 326. The van der Waals surface area contributed by atoms with Gasteiger partial charge in [0.1, 0.15) is 0 Å². The summed E-state index contributed by atoms with van der Waals surface area (Å²) >= 11 is 0. The molecule has 3 heteroatoms. The SMILES string of the molecule is [c]1cnn(Cc2cccnc2)c1. The summed E-state index contributed by atoms with van der Waals surface area (Å²) in [5.41, 5.74) is 1.15. The fourth-order valence-electron chi connectivity index (χ4n) is 1.03. The van der Waals surface area contributed by atoms with Gasteiger partial charge in [-0.15, -0.1) is 0 Å². The molecule has 1 radical (unpaired) electrons. The van der Waals surface area contributed by atoms with Crippen molar-refractivity contribution in [1.29, 1.82) is 0 Å². The van der Waals surface area contributed by atoms with Crippen molar-refractivity contribution < 1.29 is 0 Å². The minimum absolute atomic E-state index is 0.761. The highest BCUT2D eigenvalue weighted by atomic mass is 15.3. The van der Waals surface area contributed by atoms with Crippen molar-refractivity contribution in [3.63, 3.8) is 0 Å². The predicted octanol–water partition coefficient (Wildman–Crippen LogP) is 1.13. The van der Waals surface area contributed by atoms with E-state index in [1.165, 1.54) is 0 Å². The molecule has 3 nitrogen and oxygen atoms in total. The minimum atomic E-state index is 0.761. The molecule has 0 saturated carbocycles. The Balaban J connectivity index is 2.15. The van der Waals surface area contributed by atoms with E-state index < -0.39 is 0 Å². The molecule has 0 N–H and O–H groups in total. The fraction of sp³-hybridized carbons (Fsp3) is 0.111. The first-order valence-corrected chi connectivity index (χ1v) is 3.72. The van der Waals surface area contributed by atoms with Crippen LogP contribution in [0.2, 0.25) is 0 Å². The largest absolute Gasteiger partial charge is 0.268 e. The molecule has 2 aromatic heterocycles. The second kappa shape index (κ2) is 3.17. The second-order valence-electron chi connectivity index (χ2n) is 2.50. The molecule has 0 aliphatic heterocycles. The molecular formula is C9H8N3. The number of rotatable bonds is 2. The number of hydrogen-bond donors (Lipinski definition) is 0. The molecule has 0 saturated heterocycles. The maximum absolute atomic E-state index is 4.04. The van der Waals surface area contributed by atoms with Gasteiger partial charge in [-0.1, -0.05) is 6.07 Å². The van der Waals surface area contributed by atoms with E-state index in [4.69, 9.17) is 0 Å². The monoisotopic (exact) mass is 158 g/mol. The molecule has 0 spiro atoms. The van der Waals surface area contributed by atoms with E-state index in [9.17, 15) is 0 Å². The van der Waals surface area contributed by atoms with E-state index in [-0.39, 0.29) is 0 Å². The van der Waals surface area contributed by atoms with Gasteiger partial charge in [0.15, 0.2) is 0 Å². The molecule has 0 aliphatic rings. The topological polar surface area (TPSA) is 30.7 Å². The Morgan fingerprint density at radius 1 is 1.50 bits per heavy atom. The molecule has 59 valence electrons. The molecular weight excluding hydrogens is 150 g/mol. The number of hydrogen-bond acceptors (Lipinski definition) is 2. The van der Waals surface area contributed by atoms with Crippen molar-refractivity contribution in [2.24, 2.45) is 0 Å². The fourth-order valence-corrected chi connectivity index (χ4v) is 1.03. The van der Waals surface area contributed by atoms with E-state index in [1.807, 2.05) is 29.2 Å². The normalized spacial score (nSPS) is 10.0. The van der Waals surface area contributed by atoms with Gasteiger partial charge in [-0.05, 0) is 11.6 Å². The van der Waals surface area contributed by atoms with E-state index in [0.29, 0.717) is 0 Å². The Kier molecular flexibility index (Phi) is 1.86. The maximum atomic E-state index is 4.04. The first-order chi connectivity index (χ1) is 5.95. The highest BCUT2D eigenvalue weighted by molar-refractivity contribution is 5.08. The van der Waals surface area contributed by atoms with Crippen LogP contribution in [0.4, 0.5) is 0 Å². The highest BCUT2D eigenvalue weighted by Crippen LogP contribution is 1.97.